The first kappa shape index (κ1) is 12.4. The van der Waals surface area contributed by atoms with E-state index in [2.05, 4.69) is 10.4 Å². The lowest BCUT2D eigenvalue weighted by atomic mass is 10.0. The monoisotopic (exact) mass is 297 g/mol. The van der Waals surface area contributed by atoms with Crippen LogP contribution in [0.2, 0.25) is 5.02 Å². The number of aryl methyl sites for hydroxylation is 1. The summed E-state index contributed by atoms with van der Waals surface area (Å²) in [5.74, 6) is -0.0910. The van der Waals surface area contributed by atoms with Crippen LogP contribution in [0.1, 0.15) is 33.4 Å². The second-order valence-corrected chi connectivity index (χ2v) is 5.60. The standard InChI is InChI=1S/C16H12ClN3O/c1-9-13-14(10-5-7-11(17)8-6-10)18-16(21)15(13)20(19-9)12-3-2-4-12/h2-8,14H,1H3,(H,18,21). The van der Waals surface area contributed by atoms with Crippen molar-refractivity contribution in [2.45, 2.75) is 13.0 Å². The van der Waals surface area contributed by atoms with Crippen LogP contribution in [-0.4, -0.2) is 15.7 Å². The van der Waals surface area contributed by atoms with Gasteiger partial charge in [-0.25, -0.2) is 4.68 Å². The second-order valence-electron chi connectivity index (χ2n) is 5.17. The summed E-state index contributed by atoms with van der Waals surface area (Å²) in [6, 6.07) is 7.36. The highest BCUT2D eigenvalue weighted by molar-refractivity contribution is 6.30. The Balaban J connectivity index is 1.84. The largest absolute Gasteiger partial charge is 0.340 e. The average Bonchev–Trinajstić information content (AvgIpc) is 2.90. The average molecular weight is 298 g/mol. The lowest BCUT2D eigenvalue weighted by Crippen LogP contribution is -2.23. The predicted octanol–water partition coefficient (Wildman–Crippen LogP) is 3.09. The Morgan fingerprint density at radius 2 is 2.00 bits per heavy atom. The molecule has 2 aliphatic rings. The molecule has 4 rings (SSSR count). The topological polar surface area (TPSA) is 46.9 Å². The molecular weight excluding hydrogens is 286 g/mol. The maximum atomic E-state index is 12.3. The number of fused-ring (bicyclic) bond motifs is 1. The zero-order valence-corrected chi connectivity index (χ0v) is 12.1. The van der Waals surface area contributed by atoms with Gasteiger partial charge in [-0.05, 0) is 36.8 Å². The lowest BCUT2D eigenvalue weighted by Gasteiger charge is -2.12. The van der Waals surface area contributed by atoms with Gasteiger partial charge in [0.25, 0.3) is 5.91 Å². The molecule has 0 fully saturated rings. The molecule has 1 aromatic heterocycles. The molecule has 1 N–H and O–H groups in total. The Bertz CT molecular complexity index is 815. The van der Waals surface area contributed by atoms with E-state index in [0.29, 0.717) is 10.7 Å². The van der Waals surface area contributed by atoms with Gasteiger partial charge < -0.3 is 5.32 Å². The van der Waals surface area contributed by atoms with E-state index < -0.39 is 0 Å². The number of hydrogen-bond acceptors (Lipinski definition) is 2. The summed E-state index contributed by atoms with van der Waals surface area (Å²) in [7, 11) is 0. The molecule has 1 aromatic carbocycles. The Kier molecular flexibility index (Phi) is 2.56. The molecule has 2 heterocycles. The third kappa shape index (κ3) is 1.76. The predicted molar refractivity (Wildman–Crippen MR) is 81.1 cm³/mol. The summed E-state index contributed by atoms with van der Waals surface area (Å²) < 4.78 is 1.72. The smallest absolute Gasteiger partial charge is 0.271 e. The van der Waals surface area contributed by atoms with Gasteiger partial charge in [-0.3, -0.25) is 4.79 Å². The molecule has 0 saturated heterocycles. The van der Waals surface area contributed by atoms with Crippen LogP contribution in [0, 0.1) is 6.92 Å². The molecule has 1 aliphatic carbocycles. The van der Waals surface area contributed by atoms with E-state index in [0.717, 1.165) is 22.5 Å². The lowest BCUT2D eigenvalue weighted by molar-refractivity contribution is 0.0953. The van der Waals surface area contributed by atoms with Crippen LogP contribution in [0.5, 0.6) is 0 Å². The van der Waals surface area contributed by atoms with Crippen LogP contribution in [0.3, 0.4) is 0 Å². The van der Waals surface area contributed by atoms with Crippen molar-refractivity contribution in [3.63, 3.8) is 0 Å². The minimum Gasteiger partial charge on any atom is -0.340 e. The first-order chi connectivity index (χ1) is 10.1. The maximum absolute atomic E-state index is 12.3. The molecule has 104 valence electrons. The number of benzene rings is 1. The van der Waals surface area contributed by atoms with Crippen LogP contribution >= 0.6 is 11.6 Å². The van der Waals surface area contributed by atoms with Crippen molar-refractivity contribution >= 4 is 23.2 Å². The highest BCUT2D eigenvalue weighted by atomic mass is 35.5. The number of aromatic nitrogens is 2. The van der Waals surface area contributed by atoms with E-state index >= 15 is 0 Å². The zero-order valence-electron chi connectivity index (χ0n) is 11.3. The van der Waals surface area contributed by atoms with Crippen LogP contribution in [0.15, 0.2) is 42.5 Å². The number of rotatable bonds is 2. The van der Waals surface area contributed by atoms with E-state index in [-0.39, 0.29) is 11.9 Å². The zero-order chi connectivity index (χ0) is 14.6. The Morgan fingerprint density at radius 3 is 2.62 bits per heavy atom. The second kappa shape index (κ2) is 4.33. The van der Waals surface area contributed by atoms with Crippen molar-refractivity contribution < 1.29 is 4.79 Å². The molecule has 5 heteroatoms. The molecule has 21 heavy (non-hydrogen) atoms. The highest BCUT2D eigenvalue weighted by Crippen LogP contribution is 2.35. The van der Waals surface area contributed by atoms with Crippen LogP contribution < -0.4 is 5.32 Å². The fraction of sp³-hybridized carbons (Fsp3) is 0.125. The number of halogens is 1. The van der Waals surface area contributed by atoms with Crippen molar-refractivity contribution in [2.75, 3.05) is 0 Å². The van der Waals surface area contributed by atoms with Crippen LogP contribution in [0.4, 0.5) is 0 Å². The van der Waals surface area contributed by atoms with Crippen LogP contribution in [0.25, 0.3) is 5.70 Å². The molecule has 1 aliphatic heterocycles. The van der Waals surface area contributed by atoms with Crippen molar-refractivity contribution in [3.8, 4) is 0 Å². The Morgan fingerprint density at radius 1 is 1.29 bits per heavy atom. The van der Waals surface area contributed by atoms with Crippen molar-refractivity contribution in [1.82, 2.24) is 15.1 Å². The van der Waals surface area contributed by atoms with Crippen LogP contribution in [-0.2, 0) is 0 Å². The molecule has 0 spiro atoms. The number of allylic oxidation sites excluding steroid dienone is 4. The molecule has 1 atom stereocenters. The fourth-order valence-electron chi connectivity index (χ4n) is 2.79. The van der Waals surface area contributed by atoms with E-state index in [1.165, 1.54) is 0 Å². The number of nitrogens with one attached hydrogen (secondary N) is 1. The molecule has 0 bridgehead atoms. The first-order valence-electron chi connectivity index (χ1n) is 6.70. The summed E-state index contributed by atoms with van der Waals surface area (Å²) in [6.45, 7) is 1.93. The van der Waals surface area contributed by atoms with E-state index in [1.807, 2.05) is 49.4 Å². The minimum absolute atomic E-state index is 0.0910. The van der Waals surface area contributed by atoms with Gasteiger partial charge in [0.2, 0.25) is 0 Å². The number of carbonyl (C=O) groups excluding carboxylic acids is 1. The summed E-state index contributed by atoms with van der Waals surface area (Å²) in [6.07, 6.45) is 5.81. The summed E-state index contributed by atoms with van der Waals surface area (Å²) in [5.41, 5.74) is 4.38. The maximum Gasteiger partial charge on any atom is 0.271 e. The van der Waals surface area contributed by atoms with Gasteiger partial charge in [0.15, 0.2) is 0 Å². The van der Waals surface area contributed by atoms with Crippen molar-refractivity contribution in [1.29, 1.82) is 0 Å². The third-order valence-electron chi connectivity index (χ3n) is 3.87. The van der Waals surface area contributed by atoms with Crippen molar-refractivity contribution in [3.05, 3.63) is 70.0 Å². The van der Waals surface area contributed by atoms with E-state index in [9.17, 15) is 4.79 Å². The summed E-state index contributed by atoms with van der Waals surface area (Å²) >= 11 is 5.93. The van der Waals surface area contributed by atoms with Gasteiger partial charge in [-0.15, -0.1) is 0 Å². The van der Waals surface area contributed by atoms with Crippen molar-refractivity contribution in [2.24, 2.45) is 0 Å². The number of amides is 1. The van der Waals surface area contributed by atoms with Gasteiger partial charge in [-0.1, -0.05) is 29.8 Å². The fourth-order valence-corrected chi connectivity index (χ4v) is 2.92. The molecule has 2 aromatic rings. The Labute approximate surface area is 126 Å². The number of carbonyl (C=O) groups is 1. The summed E-state index contributed by atoms with van der Waals surface area (Å²) in [5, 5.41) is 8.21. The molecule has 4 nitrogen and oxygen atoms in total. The third-order valence-corrected chi connectivity index (χ3v) is 4.12. The van der Waals surface area contributed by atoms with E-state index in [4.69, 9.17) is 11.6 Å². The molecular formula is C16H12ClN3O. The first-order valence-corrected chi connectivity index (χ1v) is 7.07. The number of hydrogen-bond donors (Lipinski definition) is 1. The minimum atomic E-state index is -0.164. The summed E-state index contributed by atoms with van der Waals surface area (Å²) in [4.78, 5) is 12.3. The molecule has 0 saturated carbocycles. The normalized spacial score (nSPS) is 19.0. The molecule has 1 unspecified atom stereocenters. The molecule has 1 amide bonds. The quantitative estimate of drug-likeness (QED) is 0.926. The van der Waals surface area contributed by atoms with E-state index in [1.54, 1.807) is 4.68 Å². The molecule has 0 radical (unpaired) electrons. The van der Waals surface area contributed by atoms with Gasteiger partial charge in [0, 0.05) is 10.6 Å². The van der Waals surface area contributed by atoms with Gasteiger partial charge in [-0.2, -0.15) is 5.10 Å². The van der Waals surface area contributed by atoms with Gasteiger partial charge in [0.05, 0.1) is 17.4 Å². The highest BCUT2D eigenvalue weighted by Gasteiger charge is 2.36. The van der Waals surface area contributed by atoms with Gasteiger partial charge >= 0.3 is 0 Å². The number of nitrogens with zero attached hydrogens (tertiary/aromatic N) is 2. The Hall–Kier alpha value is -2.33. The SMILES string of the molecule is Cc1nn(C2=CC=C2)c2c1C(c1ccc(Cl)cc1)NC2=O. The van der Waals surface area contributed by atoms with Gasteiger partial charge in [0.1, 0.15) is 5.69 Å².